The van der Waals surface area contributed by atoms with Gasteiger partial charge in [-0.05, 0) is 0 Å². The lowest BCUT2D eigenvalue weighted by Gasteiger charge is -1.94. The molecule has 1 aromatic heterocycles. The van der Waals surface area contributed by atoms with E-state index in [0.717, 1.165) is 16.8 Å². The van der Waals surface area contributed by atoms with Crippen LogP contribution in [0.1, 0.15) is 11.7 Å². The lowest BCUT2D eigenvalue weighted by molar-refractivity contribution is 0.0930. The molecule has 0 aliphatic heterocycles. The van der Waals surface area contributed by atoms with Gasteiger partial charge in [-0.2, -0.15) is 0 Å². The fourth-order valence-corrected chi connectivity index (χ4v) is 0.665. The first kappa shape index (κ1) is 7.46. The fourth-order valence-electron chi connectivity index (χ4n) is 0.665. The molecule has 0 spiro atoms. The standard InChI is InChI=1S/C6H6N2O3/c1-4(9)8-3-2-5(10)7-6(8)11/h2-3H,1H3,(H,7,10,11). The zero-order chi connectivity index (χ0) is 8.43. The molecule has 0 fully saturated rings. The molecule has 0 unspecified atom stereocenters. The van der Waals surface area contributed by atoms with Crippen molar-refractivity contribution in [3.05, 3.63) is 33.1 Å². The van der Waals surface area contributed by atoms with Crippen LogP contribution >= 0.6 is 0 Å². The normalized spacial score (nSPS) is 9.55. The highest BCUT2D eigenvalue weighted by atomic mass is 16.2. The highest BCUT2D eigenvalue weighted by Gasteiger charge is 1.98. The first-order valence-corrected chi connectivity index (χ1v) is 2.94. The van der Waals surface area contributed by atoms with Crippen LogP contribution in [0.5, 0.6) is 0 Å². The van der Waals surface area contributed by atoms with Crippen LogP contribution in [0, 0.1) is 0 Å². The monoisotopic (exact) mass is 154 g/mol. The lowest BCUT2D eigenvalue weighted by Crippen LogP contribution is -2.31. The zero-order valence-corrected chi connectivity index (χ0v) is 5.83. The van der Waals surface area contributed by atoms with Gasteiger partial charge in [0.2, 0.25) is 5.91 Å². The summed E-state index contributed by atoms with van der Waals surface area (Å²) in [5.41, 5.74) is -1.21. The van der Waals surface area contributed by atoms with Crippen molar-refractivity contribution < 1.29 is 4.79 Å². The molecule has 0 radical (unpaired) electrons. The molecule has 58 valence electrons. The smallest absolute Gasteiger partial charge is 0.274 e. The maximum atomic E-state index is 10.8. The summed E-state index contributed by atoms with van der Waals surface area (Å²) in [7, 11) is 0. The Kier molecular flexibility index (Phi) is 1.72. The van der Waals surface area contributed by atoms with Crippen molar-refractivity contribution in [3.63, 3.8) is 0 Å². The molecule has 1 N–H and O–H groups in total. The Bertz CT molecular complexity index is 387. The molecule has 1 heterocycles. The minimum atomic E-state index is -0.704. The molecule has 0 saturated carbocycles. The van der Waals surface area contributed by atoms with E-state index in [1.807, 2.05) is 4.98 Å². The minimum Gasteiger partial charge on any atom is -0.274 e. The molecule has 0 saturated heterocycles. The Morgan fingerprint density at radius 1 is 1.55 bits per heavy atom. The largest absolute Gasteiger partial charge is 0.335 e. The predicted molar refractivity (Wildman–Crippen MR) is 37.6 cm³/mol. The number of aromatic amines is 1. The van der Waals surface area contributed by atoms with Crippen LogP contribution in [0.2, 0.25) is 0 Å². The van der Waals surface area contributed by atoms with Gasteiger partial charge in [-0.25, -0.2) is 9.36 Å². The topological polar surface area (TPSA) is 71.9 Å². The molecular formula is C6H6N2O3. The van der Waals surface area contributed by atoms with Gasteiger partial charge in [0.05, 0.1) is 0 Å². The summed E-state index contributed by atoms with van der Waals surface area (Å²) in [5.74, 6) is -0.425. The van der Waals surface area contributed by atoms with Crippen LogP contribution in [0.25, 0.3) is 0 Å². The van der Waals surface area contributed by atoms with E-state index < -0.39 is 17.2 Å². The second kappa shape index (κ2) is 2.53. The maximum absolute atomic E-state index is 10.8. The molecule has 0 bridgehead atoms. The number of carbonyl (C=O) groups is 1. The van der Waals surface area contributed by atoms with Gasteiger partial charge in [-0.3, -0.25) is 14.6 Å². The van der Waals surface area contributed by atoms with Gasteiger partial charge in [-0.1, -0.05) is 0 Å². The molecule has 5 nitrogen and oxygen atoms in total. The Morgan fingerprint density at radius 3 is 2.64 bits per heavy atom. The van der Waals surface area contributed by atoms with E-state index in [1.54, 1.807) is 0 Å². The predicted octanol–water partition coefficient (Wildman–Crippen LogP) is -0.803. The summed E-state index contributed by atoms with van der Waals surface area (Å²) in [4.78, 5) is 33.8. The third-order valence-corrected chi connectivity index (χ3v) is 1.16. The third-order valence-electron chi connectivity index (χ3n) is 1.16. The van der Waals surface area contributed by atoms with Crippen LogP contribution < -0.4 is 11.2 Å². The van der Waals surface area contributed by atoms with Gasteiger partial charge < -0.3 is 0 Å². The summed E-state index contributed by atoms with van der Waals surface area (Å²) >= 11 is 0. The molecular weight excluding hydrogens is 148 g/mol. The van der Waals surface area contributed by atoms with Crippen LogP contribution in [-0.4, -0.2) is 15.5 Å². The summed E-state index contributed by atoms with van der Waals surface area (Å²) in [6, 6.07) is 1.11. The Balaban J connectivity index is 3.43. The number of nitrogens with one attached hydrogen (secondary N) is 1. The van der Waals surface area contributed by atoms with E-state index in [4.69, 9.17) is 0 Å². The number of nitrogens with zero attached hydrogens (tertiary/aromatic N) is 1. The van der Waals surface area contributed by atoms with E-state index in [9.17, 15) is 14.4 Å². The van der Waals surface area contributed by atoms with Gasteiger partial charge in [0, 0.05) is 19.2 Å². The number of rotatable bonds is 0. The van der Waals surface area contributed by atoms with Crippen LogP contribution in [-0.2, 0) is 0 Å². The highest BCUT2D eigenvalue weighted by molar-refractivity contribution is 5.75. The molecule has 1 rings (SSSR count). The van der Waals surface area contributed by atoms with Crippen molar-refractivity contribution in [2.24, 2.45) is 0 Å². The number of aromatic nitrogens is 2. The summed E-state index contributed by atoms with van der Waals surface area (Å²) in [6.45, 7) is 1.24. The van der Waals surface area contributed by atoms with Gasteiger partial charge in [-0.15, -0.1) is 0 Å². The molecule has 0 amide bonds. The third kappa shape index (κ3) is 1.43. The van der Waals surface area contributed by atoms with Gasteiger partial charge >= 0.3 is 5.69 Å². The van der Waals surface area contributed by atoms with Crippen molar-refractivity contribution in [2.75, 3.05) is 0 Å². The SMILES string of the molecule is CC(=O)n1ccc(=O)[nH]c1=O. The van der Waals surface area contributed by atoms with E-state index in [0.29, 0.717) is 0 Å². The zero-order valence-electron chi connectivity index (χ0n) is 5.83. The Labute approximate surface area is 61.3 Å². The van der Waals surface area contributed by atoms with Crippen molar-refractivity contribution in [3.8, 4) is 0 Å². The second-order valence-corrected chi connectivity index (χ2v) is 2.00. The van der Waals surface area contributed by atoms with Crippen molar-refractivity contribution >= 4 is 5.91 Å². The minimum absolute atomic E-state index is 0.425. The van der Waals surface area contributed by atoms with E-state index in [1.165, 1.54) is 6.92 Å². The van der Waals surface area contributed by atoms with Crippen LogP contribution in [0.4, 0.5) is 0 Å². The molecule has 0 aliphatic carbocycles. The molecule has 0 aromatic carbocycles. The van der Waals surface area contributed by atoms with Crippen molar-refractivity contribution in [2.45, 2.75) is 6.92 Å². The summed E-state index contributed by atoms with van der Waals surface area (Å²) < 4.78 is 0.821. The molecule has 5 heteroatoms. The van der Waals surface area contributed by atoms with Crippen LogP contribution in [0.3, 0.4) is 0 Å². The Hall–Kier alpha value is -1.65. The Morgan fingerprint density at radius 2 is 2.18 bits per heavy atom. The molecule has 0 aliphatic rings. The quantitative estimate of drug-likeness (QED) is 0.531. The first-order chi connectivity index (χ1) is 5.11. The van der Waals surface area contributed by atoms with E-state index >= 15 is 0 Å². The first-order valence-electron chi connectivity index (χ1n) is 2.94. The van der Waals surface area contributed by atoms with Gasteiger partial charge in [0.1, 0.15) is 0 Å². The number of hydrogen-bond acceptors (Lipinski definition) is 3. The average Bonchev–Trinajstić information content (AvgIpc) is 1.85. The summed E-state index contributed by atoms with van der Waals surface area (Å²) in [5, 5.41) is 0. The number of hydrogen-bond donors (Lipinski definition) is 1. The molecule has 1 aromatic rings. The average molecular weight is 154 g/mol. The summed E-state index contributed by atoms with van der Waals surface area (Å²) in [6.07, 6.45) is 1.14. The number of H-pyrrole nitrogens is 1. The molecule has 0 atom stereocenters. The molecule has 11 heavy (non-hydrogen) atoms. The van der Waals surface area contributed by atoms with Gasteiger partial charge in [0.25, 0.3) is 5.56 Å². The van der Waals surface area contributed by atoms with Crippen LogP contribution in [0.15, 0.2) is 21.9 Å². The van der Waals surface area contributed by atoms with Gasteiger partial charge in [0.15, 0.2) is 0 Å². The maximum Gasteiger partial charge on any atom is 0.335 e. The fraction of sp³-hybridized carbons (Fsp3) is 0.167. The highest BCUT2D eigenvalue weighted by Crippen LogP contribution is 1.73. The number of carbonyl (C=O) groups excluding carboxylic acids is 1. The van der Waals surface area contributed by atoms with E-state index in [2.05, 4.69) is 0 Å². The van der Waals surface area contributed by atoms with E-state index in [-0.39, 0.29) is 0 Å². The second-order valence-electron chi connectivity index (χ2n) is 2.00. The van der Waals surface area contributed by atoms with Crippen molar-refractivity contribution in [1.29, 1.82) is 0 Å². The van der Waals surface area contributed by atoms with Crippen molar-refractivity contribution in [1.82, 2.24) is 9.55 Å². The lowest BCUT2D eigenvalue weighted by atomic mass is 10.6.